The van der Waals surface area contributed by atoms with E-state index < -0.39 is 5.60 Å². The Labute approximate surface area is 174 Å². The van der Waals surface area contributed by atoms with E-state index in [2.05, 4.69) is 58.0 Å². The molecule has 2 N–H and O–H groups in total. The maximum atomic E-state index is 9.73. The molecule has 154 valence electrons. The zero-order valence-electron chi connectivity index (χ0n) is 17.5. The third-order valence-corrected chi connectivity index (χ3v) is 5.25. The van der Waals surface area contributed by atoms with Gasteiger partial charge in [-0.15, -0.1) is 0 Å². The Hall–Kier alpha value is -2.16. The van der Waals surface area contributed by atoms with Crippen LogP contribution in [0.15, 0.2) is 54.6 Å². The number of hydrogen-bond donors (Lipinski definition) is 2. The molecule has 1 atom stereocenters. The van der Waals surface area contributed by atoms with E-state index in [1.54, 1.807) is 13.8 Å². The summed E-state index contributed by atoms with van der Waals surface area (Å²) in [4.78, 5) is 4.97. The van der Waals surface area contributed by atoms with Crippen molar-refractivity contribution in [3.8, 4) is 11.8 Å². The van der Waals surface area contributed by atoms with Crippen LogP contribution in [-0.2, 0) is 13.1 Å². The third kappa shape index (κ3) is 6.99. The zero-order valence-corrected chi connectivity index (χ0v) is 17.5. The van der Waals surface area contributed by atoms with Crippen molar-refractivity contribution in [3.05, 3.63) is 71.3 Å². The first kappa shape index (κ1) is 21.5. The van der Waals surface area contributed by atoms with E-state index in [0.717, 1.165) is 44.7 Å². The van der Waals surface area contributed by atoms with E-state index in [1.165, 1.54) is 11.1 Å². The molecular formula is C25H32N2O2. The monoisotopic (exact) mass is 392 g/mol. The lowest BCUT2D eigenvalue weighted by Crippen LogP contribution is -2.52. The summed E-state index contributed by atoms with van der Waals surface area (Å²) < 4.78 is 0. The molecule has 1 aliphatic rings. The van der Waals surface area contributed by atoms with Gasteiger partial charge in [0.15, 0.2) is 0 Å². The molecule has 0 aliphatic carbocycles. The summed E-state index contributed by atoms with van der Waals surface area (Å²) in [6, 6.07) is 19.2. The van der Waals surface area contributed by atoms with Crippen LogP contribution >= 0.6 is 0 Å². The van der Waals surface area contributed by atoms with Gasteiger partial charge in [-0.2, -0.15) is 0 Å². The first-order valence-electron chi connectivity index (χ1n) is 10.4. The topological polar surface area (TPSA) is 46.9 Å². The highest BCUT2D eigenvalue weighted by molar-refractivity contribution is 5.37. The van der Waals surface area contributed by atoms with Crippen LogP contribution in [0, 0.1) is 11.8 Å². The van der Waals surface area contributed by atoms with Crippen molar-refractivity contribution in [2.24, 2.45) is 0 Å². The van der Waals surface area contributed by atoms with Crippen molar-refractivity contribution in [1.29, 1.82) is 0 Å². The highest BCUT2D eigenvalue weighted by atomic mass is 16.3. The fourth-order valence-electron chi connectivity index (χ4n) is 3.73. The molecule has 3 rings (SSSR count). The summed E-state index contributed by atoms with van der Waals surface area (Å²) >= 11 is 0. The van der Waals surface area contributed by atoms with Gasteiger partial charge in [-0.3, -0.25) is 9.80 Å². The highest BCUT2D eigenvalue weighted by Gasteiger charge is 2.26. The first-order valence-corrected chi connectivity index (χ1v) is 10.4. The summed E-state index contributed by atoms with van der Waals surface area (Å²) in [5.74, 6) is 5.87. The standard InChI is InChI=1S/C25H32N2O2/c1-25(2,29)14-12-21-8-10-23(11-9-21)18-26-15-16-27(24(20-26)13-17-28)19-22-6-4-3-5-7-22/h3-11,24,28-29H,13,15-20H2,1-2H3/t24-/m0/s1. The number of nitrogens with zero attached hydrogens (tertiary/aromatic N) is 2. The Morgan fingerprint density at radius 1 is 0.966 bits per heavy atom. The summed E-state index contributed by atoms with van der Waals surface area (Å²) in [6.45, 7) is 8.44. The van der Waals surface area contributed by atoms with Crippen molar-refractivity contribution < 1.29 is 10.2 Å². The minimum absolute atomic E-state index is 0.221. The quantitative estimate of drug-likeness (QED) is 0.742. The van der Waals surface area contributed by atoms with Crippen molar-refractivity contribution in [2.45, 2.75) is 45.0 Å². The molecule has 29 heavy (non-hydrogen) atoms. The van der Waals surface area contributed by atoms with Crippen LogP contribution < -0.4 is 0 Å². The number of piperazine rings is 1. The van der Waals surface area contributed by atoms with Crippen LogP contribution in [0.5, 0.6) is 0 Å². The van der Waals surface area contributed by atoms with E-state index in [-0.39, 0.29) is 6.61 Å². The average molecular weight is 393 g/mol. The fraction of sp³-hybridized carbons (Fsp3) is 0.440. The van der Waals surface area contributed by atoms with Gasteiger partial charge in [0.2, 0.25) is 0 Å². The average Bonchev–Trinajstić information content (AvgIpc) is 2.70. The van der Waals surface area contributed by atoms with E-state index in [4.69, 9.17) is 0 Å². The maximum absolute atomic E-state index is 9.73. The number of aliphatic hydroxyl groups is 2. The van der Waals surface area contributed by atoms with Gasteiger partial charge in [0.1, 0.15) is 5.60 Å². The molecule has 4 heteroatoms. The molecule has 0 bridgehead atoms. The minimum Gasteiger partial charge on any atom is -0.396 e. The van der Waals surface area contributed by atoms with Gasteiger partial charge in [-0.1, -0.05) is 54.3 Å². The number of benzene rings is 2. The second-order valence-corrected chi connectivity index (χ2v) is 8.36. The molecule has 1 saturated heterocycles. The molecule has 0 aromatic heterocycles. The Bertz CT molecular complexity index is 816. The van der Waals surface area contributed by atoms with Crippen molar-refractivity contribution >= 4 is 0 Å². The number of hydrogen-bond acceptors (Lipinski definition) is 4. The lowest BCUT2D eigenvalue weighted by molar-refractivity contribution is 0.0500. The summed E-state index contributed by atoms with van der Waals surface area (Å²) in [5, 5.41) is 19.3. The van der Waals surface area contributed by atoms with Crippen molar-refractivity contribution in [3.63, 3.8) is 0 Å². The predicted molar refractivity (Wildman–Crippen MR) is 117 cm³/mol. The van der Waals surface area contributed by atoms with Crippen LogP contribution in [0.4, 0.5) is 0 Å². The molecule has 0 spiro atoms. The Morgan fingerprint density at radius 3 is 2.31 bits per heavy atom. The van der Waals surface area contributed by atoms with Gasteiger partial charge in [0.25, 0.3) is 0 Å². The first-order chi connectivity index (χ1) is 13.9. The summed E-state index contributed by atoms with van der Waals surface area (Å²) in [5.41, 5.74) is 2.53. The van der Waals surface area contributed by atoms with E-state index in [1.807, 2.05) is 18.2 Å². The van der Waals surface area contributed by atoms with E-state index in [0.29, 0.717) is 6.04 Å². The molecule has 1 heterocycles. The van der Waals surface area contributed by atoms with Crippen LogP contribution in [-0.4, -0.2) is 57.9 Å². The Balaban J connectivity index is 1.58. The van der Waals surface area contributed by atoms with Gasteiger partial charge in [-0.05, 0) is 43.5 Å². The molecule has 2 aromatic rings. The van der Waals surface area contributed by atoms with Crippen molar-refractivity contribution in [1.82, 2.24) is 9.80 Å². The molecule has 0 amide bonds. The smallest absolute Gasteiger partial charge is 0.120 e. The minimum atomic E-state index is -0.972. The second-order valence-electron chi connectivity index (χ2n) is 8.36. The molecule has 0 radical (unpaired) electrons. The maximum Gasteiger partial charge on any atom is 0.120 e. The molecule has 4 nitrogen and oxygen atoms in total. The molecule has 0 saturated carbocycles. The van der Waals surface area contributed by atoms with Crippen molar-refractivity contribution in [2.75, 3.05) is 26.2 Å². The van der Waals surface area contributed by atoms with E-state index >= 15 is 0 Å². The number of rotatable bonds is 6. The third-order valence-electron chi connectivity index (χ3n) is 5.25. The van der Waals surface area contributed by atoms with Gasteiger partial charge < -0.3 is 10.2 Å². The van der Waals surface area contributed by atoms with Crippen LogP contribution in [0.25, 0.3) is 0 Å². The molecule has 0 unspecified atom stereocenters. The normalized spacial score (nSPS) is 18.3. The highest BCUT2D eigenvalue weighted by Crippen LogP contribution is 2.18. The number of aliphatic hydroxyl groups excluding tert-OH is 1. The Kier molecular flexibility index (Phi) is 7.46. The fourth-order valence-corrected chi connectivity index (χ4v) is 3.73. The van der Waals surface area contributed by atoms with Gasteiger partial charge >= 0.3 is 0 Å². The van der Waals surface area contributed by atoms with Crippen LogP contribution in [0.2, 0.25) is 0 Å². The predicted octanol–water partition coefficient (Wildman–Crippen LogP) is 2.88. The van der Waals surface area contributed by atoms with E-state index in [9.17, 15) is 10.2 Å². The lowest BCUT2D eigenvalue weighted by Gasteiger charge is -2.41. The van der Waals surface area contributed by atoms with Crippen LogP contribution in [0.3, 0.4) is 0 Å². The molecule has 1 fully saturated rings. The lowest BCUT2D eigenvalue weighted by atomic mass is 10.1. The molecule has 2 aromatic carbocycles. The SMILES string of the molecule is CC(C)(O)C#Cc1ccc(CN2CCN(Cc3ccccc3)[C@@H](CCO)C2)cc1. The largest absolute Gasteiger partial charge is 0.396 e. The van der Waals surface area contributed by atoms with Gasteiger partial charge in [0.05, 0.1) is 0 Å². The zero-order chi connectivity index (χ0) is 20.7. The Morgan fingerprint density at radius 2 is 1.66 bits per heavy atom. The molecular weight excluding hydrogens is 360 g/mol. The van der Waals surface area contributed by atoms with Gasteiger partial charge in [-0.25, -0.2) is 0 Å². The van der Waals surface area contributed by atoms with Gasteiger partial charge in [0, 0.05) is 50.9 Å². The van der Waals surface area contributed by atoms with Crippen LogP contribution in [0.1, 0.15) is 37.0 Å². The summed E-state index contributed by atoms with van der Waals surface area (Å²) in [6.07, 6.45) is 0.800. The second kappa shape index (κ2) is 10.0. The molecule has 1 aliphatic heterocycles. The summed E-state index contributed by atoms with van der Waals surface area (Å²) in [7, 11) is 0.